The van der Waals surface area contributed by atoms with Gasteiger partial charge in [-0.15, -0.1) is 0 Å². The number of nitrogens with zero attached hydrogens (tertiary/aromatic N) is 3. The highest BCUT2D eigenvalue weighted by molar-refractivity contribution is 6.04. The van der Waals surface area contributed by atoms with Crippen molar-refractivity contribution in [2.75, 3.05) is 11.9 Å². The molecule has 0 fully saturated rings. The van der Waals surface area contributed by atoms with Gasteiger partial charge in [-0.2, -0.15) is 5.10 Å². The van der Waals surface area contributed by atoms with Crippen molar-refractivity contribution < 1.29 is 19.1 Å². The van der Waals surface area contributed by atoms with Crippen molar-refractivity contribution in [2.24, 2.45) is 0 Å². The number of anilines is 1. The van der Waals surface area contributed by atoms with Crippen molar-refractivity contribution in [1.29, 1.82) is 0 Å². The second-order valence-electron chi connectivity index (χ2n) is 9.42. The first-order chi connectivity index (χ1) is 17.8. The van der Waals surface area contributed by atoms with Crippen LogP contribution in [0.1, 0.15) is 69.2 Å². The Hall–Kier alpha value is -4.24. The van der Waals surface area contributed by atoms with E-state index in [1.807, 2.05) is 6.92 Å². The third-order valence-electron chi connectivity index (χ3n) is 6.61. The fraction of sp³-hybridized carbons (Fsp3) is 0.250. The largest absolute Gasteiger partial charge is 0.389 e. The number of aromatic nitrogens is 3. The Labute approximate surface area is 213 Å². The maximum atomic E-state index is 13.5. The van der Waals surface area contributed by atoms with E-state index < -0.39 is 12.0 Å². The molecular formula is C28H28FN5O3. The van der Waals surface area contributed by atoms with Crippen LogP contribution in [0.25, 0.3) is 0 Å². The van der Waals surface area contributed by atoms with Crippen LogP contribution in [0.4, 0.5) is 10.1 Å². The molecular weight excluding hydrogens is 473 g/mol. The molecule has 0 saturated heterocycles. The van der Waals surface area contributed by atoms with Gasteiger partial charge in [0.1, 0.15) is 11.5 Å². The predicted octanol–water partition coefficient (Wildman–Crippen LogP) is 4.46. The second kappa shape index (κ2) is 10.0. The number of hydrogen-bond donors (Lipinski definition) is 3. The Morgan fingerprint density at radius 1 is 1.19 bits per heavy atom. The molecule has 2 aromatic heterocycles. The summed E-state index contributed by atoms with van der Waals surface area (Å²) in [4.78, 5) is 31.3. The average molecular weight is 502 g/mol. The molecule has 190 valence electrons. The first kappa shape index (κ1) is 24.5. The van der Waals surface area contributed by atoms with Gasteiger partial charge in [-0.25, -0.2) is 4.39 Å². The van der Waals surface area contributed by atoms with Crippen LogP contribution >= 0.6 is 0 Å². The number of amides is 2. The number of halogens is 1. The number of carbonyl (C=O) groups is 2. The van der Waals surface area contributed by atoms with Crippen molar-refractivity contribution in [2.45, 2.75) is 39.0 Å². The van der Waals surface area contributed by atoms with Crippen molar-refractivity contribution in [1.82, 2.24) is 19.7 Å². The molecule has 4 aromatic rings. The normalized spacial score (nSPS) is 15.8. The van der Waals surface area contributed by atoms with Gasteiger partial charge < -0.3 is 20.3 Å². The van der Waals surface area contributed by atoms with Gasteiger partial charge >= 0.3 is 0 Å². The van der Waals surface area contributed by atoms with Gasteiger partial charge in [-0.1, -0.05) is 31.2 Å². The van der Waals surface area contributed by atoms with E-state index in [0.29, 0.717) is 35.6 Å². The molecule has 0 spiro atoms. The summed E-state index contributed by atoms with van der Waals surface area (Å²) in [7, 11) is 0. The Morgan fingerprint density at radius 3 is 2.68 bits per heavy atom. The topological polar surface area (TPSA) is 103 Å². The van der Waals surface area contributed by atoms with E-state index in [9.17, 15) is 19.1 Å². The molecule has 8 nitrogen and oxygen atoms in total. The first-order valence-corrected chi connectivity index (χ1v) is 12.2. The fourth-order valence-corrected chi connectivity index (χ4v) is 4.81. The molecule has 2 aromatic carbocycles. The second-order valence-corrected chi connectivity index (χ2v) is 9.42. The highest BCUT2D eigenvalue weighted by Gasteiger charge is 2.34. The monoisotopic (exact) mass is 501 g/mol. The van der Waals surface area contributed by atoms with Gasteiger partial charge in [-0.3, -0.25) is 14.3 Å². The number of fused-ring (bicyclic) bond motifs is 1. The number of aliphatic hydroxyl groups is 1. The molecule has 37 heavy (non-hydrogen) atoms. The summed E-state index contributed by atoms with van der Waals surface area (Å²) in [5.74, 6) is -0.962. The lowest BCUT2D eigenvalue weighted by atomic mass is 9.95. The number of benzene rings is 2. The molecule has 0 saturated carbocycles. The highest BCUT2D eigenvalue weighted by Crippen LogP contribution is 2.32. The Balaban J connectivity index is 1.51. The van der Waals surface area contributed by atoms with Gasteiger partial charge in [0, 0.05) is 35.6 Å². The van der Waals surface area contributed by atoms with Crippen LogP contribution in [0, 0.1) is 5.82 Å². The van der Waals surface area contributed by atoms with Gasteiger partial charge in [-0.05, 0) is 54.4 Å². The summed E-state index contributed by atoms with van der Waals surface area (Å²) < 4.78 is 15.2. The summed E-state index contributed by atoms with van der Waals surface area (Å²) in [6.07, 6.45) is 1.03. The number of nitrogens with one attached hydrogen (secondary N) is 2. The van der Waals surface area contributed by atoms with Gasteiger partial charge in [0.05, 0.1) is 19.2 Å². The van der Waals surface area contributed by atoms with Crippen molar-refractivity contribution in [3.05, 3.63) is 106 Å². The molecule has 2 amide bonds. The lowest BCUT2D eigenvalue weighted by Crippen LogP contribution is -2.38. The number of carbonyl (C=O) groups excluding carboxylic acids is 2. The maximum Gasteiger partial charge on any atom is 0.276 e. The van der Waals surface area contributed by atoms with Crippen LogP contribution in [0.2, 0.25) is 0 Å². The van der Waals surface area contributed by atoms with E-state index in [4.69, 9.17) is 0 Å². The zero-order valence-electron chi connectivity index (χ0n) is 20.6. The third-order valence-corrected chi connectivity index (χ3v) is 6.61. The molecule has 0 aliphatic carbocycles. The van der Waals surface area contributed by atoms with Crippen LogP contribution in [-0.4, -0.2) is 43.1 Å². The van der Waals surface area contributed by atoms with Gasteiger partial charge in [0.2, 0.25) is 0 Å². The van der Waals surface area contributed by atoms with Crippen molar-refractivity contribution in [3.63, 3.8) is 0 Å². The number of hydrogen-bond acceptors (Lipinski definition) is 4. The summed E-state index contributed by atoms with van der Waals surface area (Å²) in [5.41, 5.74) is 4.34. The minimum atomic E-state index is -0.673. The minimum absolute atomic E-state index is 0.0873. The molecule has 0 bridgehead atoms. The SMILES string of the molecule is C[C@@H](O)c1cccc(NC(=O)c2nn(Cc3ccc(F)cc3)c3c2CN(C(=O)c2ccc[nH]2)C[C@@H]3C)c1. The van der Waals surface area contributed by atoms with Crippen molar-refractivity contribution in [3.8, 4) is 0 Å². The molecule has 0 unspecified atom stereocenters. The summed E-state index contributed by atoms with van der Waals surface area (Å²) in [5, 5.41) is 17.5. The number of aliphatic hydroxyl groups excluding tert-OH is 1. The summed E-state index contributed by atoms with van der Waals surface area (Å²) >= 11 is 0. The average Bonchev–Trinajstić information content (AvgIpc) is 3.54. The molecule has 3 N–H and O–H groups in total. The Bertz CT molecular complexity index is 1430. The summed E-state index contributed by atoms with van der Waals surface area (Å²) in [6.45, 7) is 4.73. The van der Waals surface area contributed by atoms with Crippen LogP contribution in [-0.2, 0) is 13.1 Å². The Kier molecular flexibility index (Phi) is 6.62. The fourth-order valence-electron chi connectivity index (χ4n) is 4.81. The molecule has 3 heterocycles. The van der Waals surface area contributed by atoms with Crippen LogP contribution in [0.15, 0.2) is 66.9 Å². The maximum absolute atomic E-state index is 13.5. The van der Waals surface area contributed by atoms with Gasteiger partial charge in [0.15, 0.2) is 5.69 Å². The minimum Gasteiger partial charge on any atom is -0.389 e. The lowest BCUT2D eigenvalue weighted by molar-refractivity contribution is 0.0711. The molecule has 9 heteroatoms. The first-order valence-electron chi connectivity index (χ1n) is 12.2. The van der Waals surface area contributed by atoms with E-state index in [0.717, 1.165) is 11.3 Å². The quantitative estimate of drug-likeness (QED) is 0.363. The number of rotatable bonds is 6. The summed E-state index contributed by atoms with van der Waals surface area (Å²) in [6, 6.07) is 16.7. The molecule has 0 radical (unpaired) electrons. The van der Waals surface area contributed by atoms with E-state index in [2.05, 4.69) is 15.4 Å². The van der Waals surface area contributed by atoms with E-state index in [1.54, 1.807) is 71.2 Å². The van der Waals surface area contributed by atoms with E-state index >= 15 is 0 Å². The molecule has 1 aliphatic heterocycles. The molecule has 1 aliphatic rings. The van der Waals surface area contributed by atoms with E-state index in [-0.39, 0.29) is 29.9 Å². The van der Waals surface area contributed by atoms with Crippen LogP contribution in [0.3, 0.4) is 0 Å². The predicted molar refractivity (Wildman–Crippen MR) is 137 cm³/mol. The standard InChI is InChI=1S/C28H28FN5O3/c1-17-14-33(28(37)24-7-4-12-30-24)16-23-25(27(36)31-22-6-3-5-20(13-22)18(2)35)32-34(26(17)23)15-19-8-10-21(29)11-9-19/h3-13,17-18,30,35H,14-16H2,1-2H3,(H,31,36)/t17-,18+/m0/s1. The smallest absolute Gasteiger partial charge is 0.276 e. The number of H-pyrrole nitrogens is 1. The Morgan fingerprint density at radius 2 is 1.97 bits per heavy atom. The van der Waals surface area contributed by atoms with Crippen molar-refractivity contribution >= 4 is 17.5 Å². The highest BCUT2D eigenvalue weighted by atomic mass is 19.1. The van der Waals surface area contributed by atoms with Crippen LogP contribution in [0.5, 0.6) is 0 Å². The number of aromatic amines is 1. The van der Waals surface area contributed by atoms with Gasteiger partial charge in [0.25, 0.3) is 11.8 Å². The van der Waals surface area contributed by atoms with E-state index in [1.165, 1.54) is 12.1 Å². The zero-order valence-corrected chi connectivity index (χ0v) is 20.6. The molecule has 2 atom stereocenters. The lowest BCUT2D eigenvalue weighted by Gasteiger charge is -2.32. The molecule has 5 rings (SSSR count). The third kappa shape index (κ3) is 5.03. The van der Waals surface area contributed by atoms with Crippen LogP contribution < -0.4 is 5.32 Å². The zero-order chi connectivity index (χ0) is 26.1.